The van der Waals surface area contributed by atoms with Crippen LogP contribution >= 0.6 is 0 Å². The molecule has 3 rings (SSSR count). The molecular weight excluding hydrogens is 438 g/mol. The number of aliphatic hydroxyl groups excluding tert-OH is 1. The van der Waals surface area contributed by atoms with Gasteiger partial charge in [-0.25, -0.2) is 0 Å². The van der Waals surface area contributed by atoms with Gasteiger partial charge in [-0.15, -0.1) is 0 Å². The molecule has 0 aliphatic carbocycles. The molecule has 1 amide bonds. The van der Waals surface area contributed by atoms with E-state index in [-0.39, 0.29) is 17.9 Å². The number of benzene rings is 2. The summed E-state index contributed by atoms with van der Waals surface area (Å²) in [5.74, 6) is 0.0422. The quantitative estimate of drug-likeness (QED) is 0.244. The summed E-state index contributed by atoms with van der Waals surface area (Å²) in [6.07, 6.45) is 0.538. The second-order valence-corrected chi connectivity index (χ2v) is 7.87. The summed E-state index contributed by atoms with van der Waals surface area (Å²) < 4.78 is 21.5. The van der Waals surface area contributed by atoms with Gasteiger partial charge >= 0.3 is 0 Å². The summed E-state index contributed by atoms with van der Waals surface area (Å²) in [6.45, 7) is 4.89. The number of ketones is 1. The molecule has 0 bridgehead atoms. The van der Waals surface area contributed by atoms with Crippen molar-refractivity contribution in [3.05, 3.63) is 58.7 Å². The number of aliphatic hydroxyl groups is 1. The van der Waals surface area contributed by atoms with Crippen molar-refractivity contribution in [2.75, 3.05) is 41.1 Å². The van der Waals surface area contributed by atoms with E-state index in [4.69, 9.17) is 18.9 Å². The Hall–Kier alpha value is -3.52. The zero-order chi connectivity index (χ0) is 24.8. The number of ether oxygens (including phenoxy) is 4. The molecular formula is C26H31NO7. The second kappa shape index (κ2) is 11.1. The fraction of sp³-hybridized carbons (Fsp3) is 0.385. The zero-order valence-corrected chi connectivity index (χ0v) is 20.2. The molecule has 34 heavy (non-hydrogen) atoms. The van der Waals surface area contributed by atoms with Gasteiger partial charge in [0.15, 0.2) is 11.5 Å². The highest BCUT2D eigenvalue weighted by Gasteiger charge is 2.46. The van der Waals surface area contributed by atoms with Crippen LogP contribution in [0.5, 0.6) is 17.2 Å². The summed E-state index contributed by atoms with van der Waals surface area (Å²) in [5, 5.41) is 11.2. The number of hydrogen-bond donors (Lipinski definition) is 1. The van der Waals surface area contributed by atoms with Gasteiger partial charge in [0, 0.05) is 25.8 Å². The van der Waals surface area contributed by atoms with E-state index in [2.05, 4.69) is 0 Å². The molecule has 0 saturated carbocycles. The van der Waals surface area contributed by atoms with E-state index in [0.29, 0.717) is 48.0 Å². The van der Waals surface area contributed by atoms with Gasteiger partial charge in [0.05, 0.1) is 32.4 Å². The molecule has 2 aromatic rings. The van der Waals surface area contributed by atoms with Gasteiger partial charge in [-0.05, 0) is 61.7 Å². The van der Waals surface area contributed by atoms with Gasteiger partial charge < -0.3 is 29.0 Å². The van der Waals surface area contributed by atoms with Crippen molar-refractivity contribution in [3.63, 3.8) is 0 Å². The molecule has 0 aromatic heterocycles. The number of hydrogen-bond acceptors (Lipinski definition) is 7. The van der Waals surface area contributed by atoms with Crippen LogP contribution in [0, 0.1) is 6.92 Å². The molecule has 2 aromatic carbocycles. The first-order valence-corrected chi connectivity index (χ1v) is 11.1. The summed E-state index contributed by atoms with van der Waals surface area (Å²) in [4.78, 5) is 27.7. The topological polar surface area (TPSA) is 94.5 Å². The molecule has 8 nitrogen and oxygen atoms in total. The van der Waals surface area contributed by atoms with E-state index < -0.39 is 17.7 Å². The average molecular weight is 470 g/mol. The number of carbonyl (C=O) groups is 2. The van der Waals surface area contributed by atoms with Crippen molar-refractivity contribution < 1.29 is 33.6 Å². The number of nitrogens with zero attached hydrogens (tertiary/aromatic N) is 1. The van der Waals surface area contributed by atoms with Crippen LogP contribution in [0.2, 0.25) is 0 Å². The lowest BCUT2D eigenvalue weighted by atomic mass is 9.94. The predicted molar refractivity (Wildman–Crippen MR) is 127 cm³/mol. The van der Waals surface area contributed by atoms with Crippen LogP contribution in [0.15, 0.2) is 42.0 Å². The Bertz CT molecular complexity index is 1090. The highest BCUT2D eigenvalue weighted by molar-refractivity contribution is 6.46. The zero-order valence-electron chi connectivity index (χ0n) is 20.2. The summed E-state index contributed by atoms with van der Waals surface area (Å²) in [7, 11) is 4.67. The number of likely N-dealkylation sites (tertiary alicyclic amines) is 1. The van der Waals surface area contributed by atoms with Crippen LogP contribution < -0.4 is 14.2 Å². The first kappa shape index (κ1) is 25.1. The molecule has 0 spiro atoms. The minimum Gasteiger partial charge on any atom is -0.507 e. The van der Waals surface area contributed by atoms with E-state index >= 15 is 0 Å². The number of aryl methyl sites for hydroxylation is 1. The lowest BCUT2D eigenvalue weighted by molar-refractivity contribution is -0.140. The predicted octanol–water partition coefficient (Wildman–Crippen LogP) is 3.87. The highest BCUT2D eigenvalue weighted by Crippen LogP contribution is 2.42. The fourth-order valence-corrected chi connectivity index (χ4v) is 4.15. The third-order valence-electron chi connectivity index (χ3n) is 5.76. The SMILES string of the molecule is CCOc1ccc(C2/C(=C(\O)c3ccc(OC)c(C)c3)C(=O)C(=O)N2CCCOC)cc1OC. The minimum atomic E-state index is -0.788. The summed E-state index contributed by atoms with van der Waals surface area (Å²) in [5.41, 5.74) is 1.87. The monoisotopic (exact) mass is 469 g/mol. The van der Waals surface area contributed by atoms with Crippen LogP contribution in [-0.2, 0) is 14.3 Å². The minimum absolute atomic E-state index is 0.0261. The first-order valence-electron chi connectivity index (χ1n) is 11.1. The lowest BCUT2D eigenvalue weighted by Crippen LogP contribution is -2.31. The van der Waals surface area contributed by atoms with E-state index in [1.807, 2.05) is 13.8 Å². The molecule has 1 N–H and O–H groups in total. The number of carbonyl (C=O) groups excluding carboxylic acids is 2. The lowest BCUT2D eigenvalue weighted by Gasteiger charge is -2.26. The summed E-state index contributed by atoms with van der Waals surface area (Å²) >= 11 is 0. The number of Topliss-reactive ketones (excluding diaryl/α,β-unsaturated/α-hetero) is 1. The van der Waals surface area contributed by atoms with Crippen molar-refractivity contribution >= 4 is 17.4 Å². The molecule has 1 aliphatic heterocycles. The Balaban J connectivity index is 2.16. The largest absolute Gasteiger partial charge is 0.507 e. The summed E-state index contributed by atoms with van der Waals surface area (Å²) in [6, 6.07) is 9.57. The van der Waals surface area contributed by atoms with Crippen molar-refractivity contribution in [2.24, 2.45) is 0 Å². The maximum absolute atomic E-state index is 13.2. The molecule has 8 heteroatoms. The molecule has 1 heterocycles. The Morgan fingerprint density at radius 1 is 1.00 bits per heavy atom. The van der Waals surface area contributed by atoms with Gasteiger partial charge in [-0.2, -0.15) is 0 Å². The van der Waals surface area contributed by atoms with Crippen LogP contribution in [-0.4, -0.2) is 62.8 Å². The molecule has 1 unspecified atom stereocenters. The van der Waals surface area contributed by atoms with E-state index in [1.54, 1.807) is 50.6 Å². The smallest absolute Gasteiger partial charge is 0.295 e. The molecule has 182 valence electrons. The van der Waals surface area contributed by atoms with Crippen molar-refractivity contribution in [1.29, 1.82) is 0 Å². The molecule has 1 atom stereocenters. The second-order valence-electron chi connectivity index (χ2n) is 7.87. The van der Waals surface area contributed by atoms with Crippen LogP contribution in [0.25, 0.3) is 5.76 Å². The van der Waals surface area contributed by atoms with Crippen molar-refractivity contribution in [1.82, 2.24) is 4.90 Å². The first-order chi connectivity index (χ1) is 16.4. The Kier molecular flexibility index (Phi) is 8.17. The van der Waals surface area contributed by atoms with Crippen molar-refractivity contribution in [3.8, 4) is 17.2 Å². The van der Waals surface area contributed by atoms with Crippen LogP contribution in [0.1, 0.15) is 36.1 Å². The van der Waals surface area contributed by atoms with Gasteiger partial charge in [0.1, 0.15) is 11.5 Å². The third kappa shape index (κ3) is 4.87. The molecule has 0 radical (unpaired) electrons. The molecule has 1 fully saturated rings. The van der Waals surface area contributed by atoms with E-state index in [0.717, 1.165) is 5.56 Å². The van der Waals surface area contributed by atoms with Crippen LogP contribution in [0.4, 0.5) is 0 Å². The van der Waals surface area contributed by atoms with Gasteiger partial charge in [-0.3, -0.25) is 9.59 Å². The number of amides is 1. The van der Waals surface area contributed by atoms with Crippen molar-refractivity contribution in [2.45, 2.75) is 26.3 Å². The van der Waals surface area contributed by atoms with Gasteiger partial charge in [-0.1, -0.05) is 6.07 Å². The van der Waals surface area contributed by atoms with Gasteiger partial charge in [0.2, 0.25) is 0 Å². The molecule has 1 saturated heterocycles. The fourth-order valence-electron chi connectivity index (χ4n) is 4.15. The maximum atomic E-state index is 13.2. The average Bonchev–Trinajstić information content (AvgIpc) is 3.09. The number of methoxy groups -OCH3 is 3. The van der Waals surface area contributed by atoms with Gasteiger partial charge in [0.25, 0.3) is 11.7 Å². The Morgan fingerprint density at radius 3 is 2.32 bits per heavy atom. The Morgan fingerprint density at radius 2 is 1.71 bits per heavy atom. The standard InChI is InChI=1S/C26H31NO7/c1-6-34-20-11-8-17(15-21(20)33-5)23-22(25(29)26(30)27(23)12-7-13-31-3)24(28)18-9-10-19(32-4)16(2)14-18/h8-11,14-15,23,28H,6-7,12-13H2,1-5H3/b24-22+. The highest BCUT2D eigenvalue weighted by atomic mass is 16.5. The number of rotatable bonds is 10. The van der Waals surface area contributed by atoms with Crippen LogP contribution in [0.3, 0.4) is 0 Å². The normalized spacial score (nSPS) is 17.2. The Labute approximate surface area is 199 Å². The molecule has 1 aliphatic rings. The third-order valence-corrected chi connectivity index (χ3v) is 5.76. The van der Waals surface area contributed by atoms with E-state index in [1.165, 1.54) is 12.0 Å². The van der Waals surface area contributed by atoms with E-state index in [9.17, 15) is 14.7 Å². The maximum Gasteiger partial charge on any atom is 0.295 e.